The van der Waals surface area contributed by atoms with Crippen molar-refractivity contribution in [3.8, 4) is 0 Å². The number of anilines is 1. The number of nitrogens with one attached hydrogen (secondary N) is 2. The van der Waals surface area contributed by atoms with Gasteiger partial charge in [0, 0.05) is 25.1 Å². The first-order chi connectivity index (χ1) is 10.5. The van der Waals surface area contributed by atoms with Gasteiger partial charge in [0.1, 0.15) is 0 Å². The molecule has 2 rings (SSSR count). The molecule has 122 valence electrons. The number of carbonyl (C=O) groups is 1. The van der Waals surface area contributed by atoms with Gasteiger partial charge in [-0.05, 0) is 18.8 Å². The first kappa shape index (κ1) is 16.5. The molecule has 0 radical (unpaired) electrons. The van der Waals surface area contributed by atoms with Crippen molar-refractivity contribution in [3.63, 3.8) is 0 Å². The van der Waals surface area contributed by atoms with Crippen LogP contribution in [0.3, 0.4) is 0 Å². The van der Waals surface area contributed by atoms with Gasteiger partial charge >= 0.3 is 6.03 Å². The first-order valence-corrected chi connectivity index (χ1v) is 7.94. The molecule has 1 aromatic rings. The van der Waals surface area contributed by atoms with Crippen molar-refractivity contribution < 1.29 is 9.90 Å². The fourth-order valence-corrected chi connectivity index (χ4v) is 2.74. The van der Waals surface area contributed by atoms with Crippen LogP contribution in [0, 0.1) is 11.8 Å². The van der Waals surface area contributed by atoms with E-state index in [2.05, 4.69) is 36.5 Å². The summed E-state index contributed by atoms with van der Waals surface area (Å²) in [6.07, 6.45) is 7.16. The van der Waals surface area contributed by atoms with Gasteiger partial charge in [-0.1, -0.05) is 32.9 Å². The molecule has 6 nitrogen and oxygen atoms in total. The Morgan fingerprint density at radius 3 is 2.86 bits per heavy atom. The van der Waals surface area contributed by atoms with Gasteiger partial charge < -0.3 is 15.7 Å². The third-order valence-electron chi connectivity index (χ3n) is 3.79. The summed E-state index contributed by atoms with van der Waals surface area (Å²) in [5.41, 5.74) is 1.81. The number of hydrogen-bond acceptors (Lipinski definition) is 3. The van der Waals surface area contributed by atoms with Crippen LogP contribution in [-0.4, -0.2) is 33.6 Å². The second kappa shape index (κ2) is 7.45. The number of rotatable bonds is 6. The van der Waals surface area contributed by atoms with E-state index in [1.54, 1.807) is 6.20 Å². The average Bonchev–Trinajstić information content (AvgIpc) is 3.05. The number of nitrogens with zero attached hydrogens (tertiary/aromatic N) is 2. The van der Waals surface area contributed by atoms with Gasteiger partial charge in [0.2, 0.25) is 0 Å². The van der Waals surface area contributed by atoms with Crippen molar-refractivity contribution >= 4 is 11.7 Å². The van der Waals surface area contributed by atoms with Crippen molar-refractivity contribution in [1.29, 1.82) is 0 Å². The molecular formula is C16H26N4O2. The second-order valence-corrected chi connectivity index (χ2v) is 6.20. The van der Waals surface area contributed by atoms with Gasteiger partial charge in [0.05, 0.1) is 17.6 Å². The zero-order valence-electron chi connectivity index (χ0n) is 13.5. The summed E-state index contributed by atoms with van der Waals surface area (Å²) in [6, 6.07) is -0.250. The predicted molar refractivity (Wildman–Crippen MR) is 86.7 cm³/mol. The molecule has 1 heterocycles. The molecule has 2 amide bonds. The van der Waals surface area contributed by atoms with Gasteiger partial charge in [-0.3, -0.25) is 4.68 Å². The third-order valence-corrected chi connectivity index (χ3v) is 3.79. The smallest absolute Gasteiger partial charge is 0.319 e. The molecule has 0 aromatic carbocycles. The minimum absolute atomic E-state index is 0.0204. The van der Waals surface area contributed by atoms with E-state index in [4.69, 9.17) is 5.11 Å². The molecule has 0 aliphatic heterocycles. The predicted octanol–water partition coefficient (Wildman–Crippen LogP) is 2.16. The van der Waals surface area contributed by atoms with Crippen molar-refractivity contribution in [3.05, 3.63) is 24.0 Å². The summed E-state index contributed by atoms with van der Waals surface area (Å²) in [5.74, 6) is 0.649. The third kappa shape index (κ3) is 4.10. The summed E-state index contributed by atoms with van der Waals surface area (Å²) in [6.45, 7) is 7.31. The number of aromatic nitrogens is 2. The van der Waals surface area contributed by atoms with Crippen LogP contribution in [0.25, 0.3) is 0 Å². The highest BCUT2D eigenvalue weighted by Gasteiger charge is 2.20. The molecule has 0 spiro atoms. The maximum atomic E-state index is 12.1. The zero-order chi connectivity index (χ0) is 16.1. The van der Waals surface area contributed by atoms with Crippen molar-refractivity contribution in [2.45, 2.75) is 46.2 Å². The van der Waals surface area contributed by atoms with Crippen molar-refractivity contribution in [2.24, 2.45) is 11.8 Å². The van der Waals surface area contributed by atoms with Gasteiger partial charge in [0.25, 0.3) is 0 Å². The molecule has 1 aliphatic rings. The van der Waals surface area contributed by atoms with E-state index in [9.17, 15) is 4.79 Å². The monoisotopic (exact) mass is 306 g/mol. The highest BCUT2D eigenvalue weighted by atomic mass is 16.3. The van der Waals surface area contributed by atoms with Crippen LogP contribution >= 0.6 is 0 Å². The topological polar surface area (TPSA) is 79.2 Å². The molecule has 0 saturated carbocycles. The second-order valence-electron chi connectivity index (χ2n) is 6.20. The fraction of sp³-hybridized carbons (Fsp3) is 0.625. The normalized spacial score (nSPS) is 20.6. The zero-order valence-corrected chi connectivity index (χ0v) is 13.5. The van der Waals surface area contributed by atoms with E-state index in [-0.39, 0.29) is 24.6 Å². The lowest BCUT2D eigenvalue weighted by Crippen LogP contribution is -2.36. The molecule has 0 bridgehead atoms. The van der Waals surface area contributed by atoms with Crippen LogP contribution in [-0.2, 0) is 13.0 Å². The van der Waals surface area contributed by atoms with Gasteiger partial charge in [-0.15, -0.1) is 0 Å². The molecular weight excluding hydrogens is 280 g/mol. The van der Waals surface area contributed by atoms with E-state index in [0.29, 0.717) is 5.92 Å². The highest BCUT2D eigenvalue weighted by Crippen LogP contribution is 2.19. The van der Waals surface area contributed by atoms with Crippen LogP contribution in [0.1, 0.15) is 32.9 Å². The largest absolute Gasteiger partial charge is 0.396 e. The van der Waals surface area contributed by atoms with E-state index >= 15 is 0 Å². The lowest BCUT2D eigenvalue weighted by molar-refractivity contribution is 0.238. The summed E-state index contributed by atoms with van der Waals surface area (Å²) < 4.78 is 1.96. The number of aliphatic hydroxyl groups excluding tert-OH is 1. The molecule has 0 unspecified atom stereocenters. The maximum absolute atomic E-state index is 12.1. The molecule has 6 heteroatoms. The lowest BCUT2D eigenvalue weighted by atomic mass is 10.1. The van der Waals surface area contributed by atoms with Crippen molar-refractivity contribution in [2.75, 3.05) is 11.9 Å². The van der Waals surface area contributed by atoms with Crippen LogP contribution < -0.4 is 10.6 Å². The Balaban J connectivity index is 1.94. The Hall–Kier alpha value is -1.82. The number of carbonyl (C=O) groups excluding carboxylic acids is 1. The Kier molecular flexibility index (Phi) is 5.60. The van der Waals surface area contributed by atoms with Crippen molar-refractivity contribution in [1.82, 2.24) is 15.1 Å². The van der Waals surface area contributed by atoms with Gasteiger partial charge in [-0.2, -0.15) is 5.10 Å². The van der Waals surface area contributed by atoms with E-state index in [0.717, 1.165) is 30.8 Å². The van der Waals surface area contributed by atoms with Crippen LogP contribution in [0.4, 0.5) is 10.5 Å². The Labute approximate surface area is 131 Å². The fourth-order valence-electron chi connectivity index (χ4n) is 2.74. The van der Waals surface area contributed by atoms with Crippen LogP contribution in [0.5, 0.6) is 0 Å². The SMILES string of the molecule is CCc1c(NC(=O)N[C@@H]2C=C[C@H](CO)C2)cnn1CC(C)C. The Bertz CT molecular complexity index is 536. The van der Waals surface area contributed by atoms with Crippen LogP contribution in [0.15, 0.2) is 18.3 Å². The van der Waals surface area contributed by atoms with Gasteiger partial charge in [0.15, 0.2) is 0 Å². The maximum Gasteiger partial charge on any atom is 0.319 e. The van der Waals surface area contributed by atoms with E-state index in [1.807, 2.05) is 16.8 Å². The molecule has 3 N–H and O–H groups in total. The van der Waals surface area contributed by atoms with E-state index < -0.39 is 0 Å². The summed E-state index contributed by atoms with van der Waals surface area (Å²) in [4.78, 5) is 12.1. The number of aliphatic hydroxyl groups is 1. The number of urea groups is 1. The average molecular weight is 306 g/mol. The molecule has 1 aliphatic carbocycles. The van der Waals surface area contributed by atoms with Gasteiger partial charge in [-0.25, -0.2) is 4.79 Å². The van der Waals surface area contributed by atoms with E-state index in [1.165, 1.54) is 0 Å². The summed E-state index contributed by atoms with van der Waals surface area (Å²) in [7, 11) is 0. The number of amides is 2. The minimum atomic E-state index is -0.230. The molecule has 0 fully saturated rings. The summed E-state index contributed by atoms with van der Waals surface area (Å²) in [5, 5.41) is 19.3. The Morgan fingerprint density at radius 1 is 1.50 bits per heavy atom. The molecule has 1 aromatic heterocycles. The highest BCUT2D eigenvalue weighted by molar-refractivity contribution is 5.90. The standard InChI is InChI=1S/C16H26N4O2/c1-4-15-14(8-17-20(15)9-11(2)3)19-16(22)18-13-6-5-12(7-13)10-21/h5-6,8,11-13,21H,4,7,9-10H2,1-3H3,(H2,18,19,22)/t12-,13+/m0/s1. The first-order valence-electron chi connectivity index (χ1n) is 7.94. The molecule has 2 atom stereocenters. The van der Waals surface area contributed by atoms with Crippen LogP contribution in [0.2, 0.25) is 0 Å². The molecule has 0 saturated heterocycles. The minimum Gasteiger partial charge on any atom is -0.396 e. The number of hydrogen-bond donors (Lipinski definition) is 3. The quantitative estimate of drug-likeness (QED) is 0.705. The summed E-state index contributed by atoms with van der Waals surface area (Å²) >= 11 is 0. The Morgan fingerprint density at radius 2 is 2.27 bits per heavy atom. The molecule has 22 heavy (non-hydrogen) atoms. The lowest BCUT2D eigenvalue weighted by Gasteiger charge is -2.14.